The Bertz CT molecular complexity index is 1060. The van der Waals surface area contributed by atoms with Crippen LogP contribution in [0.2, 0.25) is 5.02 Å². The maximum atomic E-state index is 13.4. The van der Waals surface area contributed by atoms with Gasteiger partial charge in [-0.3, -0.25) is 4.79 Å². The van der Waals surface area contributed by atoms with E-state index >= 15 is 0 Å². The highest BCUT2D eigenvalue weighted by atomic mass is 35.5. The maximum absolute atomic E-state index is 13.4. The molecule has 2 N–H and O–H groups in total. The number of rotatable bonds is 10. The fourth-order valence-corrected chi connectivity index (χ4v) is 4.72. The molecule has 0 radical (unpaired) electrons. The van der Waals surface area contributed by atoms with Crippen molar-refractivity contribution in [1.29, 1.82) is 0 Å². The number of carbonyl (C=O) groups excluding carboxylic acids is 1. The number of benzene rings is 1. The summed E-state index contributed by atoms with van der Waals surface area (Å²) in [6.07, 6.45) is 6.22. The lowest BCUT2D eigenvalue weighted by atomic mass is 10.00. The molecule has 0 bridgehead atoms. The number of likely N-dealkylation sites (N-methyl/N-ethyl adjacent to an activating group) is 1. The summed E-state index contributed by atoms with van der Waals surface area (Å²) >= 11 is 5.77. The van der Waals surface area contributed by atoms with E-state index in [1.807, 2.05) is 27.1 Å². The molecular weight excluding hydrogens is 483 g/mol. The molecule has 1 aromatic rings. The molecule has 11 heteroatoms. The van der Waals surface area contributed by atoms with Gasteiger partial charge in [0.15, 0.2) is 0 Å². The number of allylic oxidation sites excluding steroid dienone is 2. The summed E-state index contributed by atoms with van der Waals surface area (Å²) < 4.78 is 47.9. The van der Waals surface area contributed by atoms with Crippen molar-refractivity contribution in [2.45, 2.75) is 31.8 Å². The molecule has 0 aliphatic carbocycles. The largest absolute Gasteiger partial charge is 0.494 e. The molecule has 2 atom stereocenters. The van der Waals surface area contributed by atoms with Gasteiger partial charge >= 0.3 is 0 Å². The van der Waals surface area contributed by atoms with Gasteiger partial charge in [-0.05, 0) is 69.8 Å². The second kappa shape index (κ2) is 12.5. The van der Waals surface area contributed by atoms with Crippen LogP contribution in [0, 0.1) is 5.82 Å². The summed E-state index contributed by atoms with van der Waals surface area (Å²) in [6.45, 7) is 7.27. The summed E-state index contributed by atoms with van der Waals surface area (Å²) in [5.74, 6) is -0.542. The Hall–Kier alpha value is -2.24. The lowest BCUT2D eigenvalue weighted by Crippen LogP contribution is -2.59. The third kappa shape index (κ3) is 7.92. The summed E-state index contributed by atoms with van der Waals surface area (Å²) in [5, 5.41) is 2.45. The van der Waals surface area contributed by atoms with Crippen LogP contribution in [0.15, 0.2) is 54.3 Å². The van der Waals surface area contributed by atoms with Gasteiger partial charge in [0, 0.05) is 25.3 Å². The number of carbonyl (C=O) groups is 1. The molecule has 1 heterocycles. The maximum Gasteiger partial charge on any atom is 0.280 e. The number of nitrogens with zero attached hydrogens (tertiary/aromatic N) is 2. The first-order chi connectivity index (χ1) is 15.9. The van der Waals surface area contributed by atoms with E-state index in [0.29, 0.717) is 17.9 Å². The standard InChI is InChI=1S/C23H32ClFN4O4S/c1-6-18(33-13-7-12-28(3)4)10-8-16(2)21-15-22(29(5)34(31,32)27-21)23(30)26-17-9-11-20(25)19(24)14-17/h6,8-11,14,21-22,27H,2,7,12-13,15H2,1,3-5H3,(H,26,30)/b10-8-,18-6+/t21-,22+/m1/s1. The fourth-order valence-electron chi connectivity index (χ4n) is 3.25. The lowest BCUT2D eigenvalue weighted by Gasteiger charge is -2.36. The molecule has 1 fully saturated rings. The zero-order chi connectivity index (χ0) is 25.5. The highest BCUT2D eigenvalue weighted by molar-refractivity contribution is 7.87. The van der Waals surface area contributed by atoms with Crippen LogP contribution in [0.4, 0.5) is 10.1 Å². The number of amides is 1. The molecule has 0 unspecified atom stereocenters. The Morgan fingerprint density at radius 2 is 2.12 bits per heavy atom. The van der Waals surface area contributed by atoms with Gasteiger partial charge in [-0.25, -0.2) is 4.39 Å². The summed E-state index contributed by atoms with van der Waals surface area (Å²) in [7, 11) is 1.37. The Balaban J connectivity index is 2.07. The van der Waals surface area contributed by atoms with E-state index in [1.165, 1.54) is 19.2 Å². The molecule has 1 aliphatic rings. The fraction of sp³-hybridized carbons (Fsp3) is 0.435. The molecule has 1 saturated heterocycles. The van der Waals surface area contributed by atoms with Crippen LogP contribution in [0.5, 0.6) is 0 Å². The first kappa shape index (κ1) is 28.0. The third-order valence-electron chi connectivity index (χ3n) is 5.27. The molecule has 8 nitrogen and oxygen atoms in total. The van der Waals surface area contributed by atoms with E-state index in [9.17, 15) is 17.6 Å². The summed E-state index contributed by atoms with van der Waals surface area (Å²) in [5.41, 5.74) is 0.746. The van der Waals surface area contributed by atoms with Crippen molar-refractivity contribution in [3.05, 3.63) is 65.2 Å². The molecule has 1 aliphatic heterocycles. The van der Waals surface area contributed by atoms with Gasteiger partial charge in [0.25, 0.3) is 10.2 Å². The average Bonchev–Trinajstić information content (AvgIpc) is 2.77. The minimum Gasteiger partial charge on any atom is -0.494 e. The van der Waals surface area contributed by atoms with Crippen LogP contribution in [-0.4, -0.2) is 69.9 Å². The third-order valence-corrected chi connectivity index (χ3v) is 7.15. The first-order valence-corrected chi connectivity index (χ1v) is 12.6. The van der Waals surface area contributed by atoms with Crippen LogP contribution in [0.3, 0.4) is 0 Å². The second-order valence-electron chi connectivity index (χ2n) is 8.17. The SMILES string of the molecule is C=C(/C=C\C(=C/C)OCCCN(C)C)[C@H]1C[C@@H](C(=O)Nc2ccc(F)c(Cl)c2)N(C)S(=O)(=O)N1. The minimum absolute atomic E-state index is 0.147. The first-order valence-electron chi connectivity index (χ1n) is 10.8. The second-order valence-corrected chi connectivity index (χ2v) is 10.3. The van der Waals surface area contributed by atoms with Crippen molar-refractivity contribution in [2.24, 2.45) is 0 Å². The Morgan fingerprint density at radius 3 is 2.74 bits per heavy atom. The zero-order valence-electron chi connectivity index (χ0n) is 19.8. The minimum atomic E-state index is -3.94. The number of hydrogen-bond donors (Lipinski definition) is 2. The highest BCUT2D eigenvalue weighted by Crippen LogP contribution is 2.24. The van der Waals surface area contributed by atoms with E-state index < -0.39 is 34.0 Å². The Kier molecular flexibility index (Phi) is 10.3. The molecule has 1 amide bonds. The number of nitrogens with one attached hydrogen (secondary N) is 2. The van der Waals surface area contributed by atoms with E-state index in [-0.39, 0.29) is 17.1 Å². The summed E-state index contributed by atoms with van der Waals surface area (Å²) in [4.78, 5) is 14.9. The van der Waals surface area contributed by atoms with E-state index in [4.69, 9.17) is 16.3 Å². The average molecular weight is 515 g/mol. The van der Waals surface area contributed by atoms with E-state index in [0.717, 1.165) is 23.3 Å². The molecule has 0 saturated carbocycles. The van der Waals surface area contributed by atoms with Gasteiger partial charge in [-0.15, -0.1) is 0 Å². The number of hydrogen-bond acceptors (Lipinski definition) is 5. The quantitative estimate of drug-likeness (QED) is 0.284. The van der Waals surface area contributed by atoms with Gasteiger partial charge in [0.1, 0.15) is 17.6 Å². The highest BCUT2D eigenvalue weighted by Gasteiger charge is 2.40. The van der Waals surface area contributed by atoms with Crippen molar-refractivity contribution in [3.63, 3.8) is 0 Å². The number of ether oxygens (including phenoxy) is 1. The van der Waals surface area contributed by atoms with Gasteiger partial charge in [0.2, 0.25) is 5.91 Å². The van der Waals surface area contributed by atoms with Crippen LogP contribution < -0.4 is 10.0 Å². The monoisotopic (exact) mass is 514 g/mol. The summed E-state index contributed by atoms with van der Waals surface area (Å²) in [6, 6.07) is 2.04. The van der Waals surface area contributed by atoms with Gasteiger partial charge in [0.05, 0.1) is 11.6 Å². The van der Waals surface area contributed by atoms with Gasteiger partial charge < -0.3 is 15.0 Å². The normalized spacial score (nSPS) is 21.1. The van der Waals surface area contributed by atoms with Gasteiger partial charge in [-0.1, -0.05) is 24.3 Å². The topological polar surface area (TPSA) is 91.0 Å². The molecular formula is C23H32ClFN4O4S. The van der Waals surface area contributed by atoms with Crippen LogP contribution >= 0.6 is 11.6 Å². The number of halogens is 2. The smallest absolute Gasteiger partial charge is 0.280 e. The zero-order valence-corrected chi connectivity index (χ0v) is 21.4. The van der Waals surface area contributed by atoms with Crippen molar-refractivity contribution >= 4 is 33.4 Å². The molecule has 0 spiro atoms. The Morgan fingerprint density at radius 1 is 1.41 bits per heavy atom. The van der Waals surface area contributed by atoms with Crippen molar-refractivity contribution < 1.29 is 22.3 Å². The Labute approximate surface area is 206 Å². The molecule has 34 heavy (non-hydrogen) atoms. The lowest BCUT2D eigenvalue weighted by molar-refractivity contribution is -0.120. The van der Waals surface area contributed by atoms with Crippen molar-refractivity contribution in [3.8, 4) is 0 Å². The molecule has 0 aromatic heterocycles. The van der Waals surface area contributed by atoms with Crippen LogP contribution in [0.1, 0.15) is 19.8 Å². The molecule has 188 valence electrons. The van der Waals surface area contributed by atoms with Crippen molar-refractivity contribution in [2.75, 3.05) is 39.6 Å². The molecule has 2 rings (SSSR count). The predicted molar refractivity (Wildman–Crippen MR) is 133 cm³/mol. The van der Waals surface area contributed by atoms with Crippen molar-refractivity contribution in [1.82, 2.24) is 13.9 Å². The predicted octanol–water partition coefficient (Wildman–Crippen LogP) is 3.31. The molecule has 1 aromatic carbocycles. The van der Waals surface area contributed by atoms with E-state index in [2.05, 4.69) is 21.5 Å². The van der Waals surface area contributed by atoms with Crippen LogP contribution in [-0.2, 0) is 19.7 Å². The number of anilines is 1. The van der Waals surface area contributed by atoms with Crippen LogP contribution in [0.25, 0.3) is 0 Å². The van der Waals surface area contributed by atoms with Gasteiger partial charge in [-0.2, -0.15) is 17.4 Å². The van der Waals surface area contributed by atoms with E-state index in [1.54, 1.807) is 12.2 Å².